The van der Waals surface area contributed by atoms with Gasteiger partial charge in [-0.05, 0) is 31.7 Å². The number of hydrogen-bond donors (Lipinski definition) is 1. The van der Waals surface area contributed by atoms with Crippen LogP contribution in [0, 0.1) is 0 Å². The topological polar surface area (TPSA) is 50.8 Å². The number of carbonyl (C=O) groups is 1. The Bertz CT molecular complexity index is 419. The number of benzene rings is 1. The Morgan fingerprint density at radius 2 is 2.21 bits per heavy atom. The molecule has 1 aromatic rings. The van der Waals surface area contributed by atoms with E-state index < -0.39 is 6.09 Å². The first-order chi connectivity index (χ1) is 9.19. The quantitative estimate of drug-likeness (QED) is 0.909. The number of ether oxygens (including phenoxy) is 2. The van der Waals surface area contributed by atoms with Crippen LogP contribution in [-0.4, -0.2) is 44.3 Å². The number of anilines is 1. The van der Waals surface area contributed by atoms with Crippen molar-refractivity contribution in [1.29, 1.82) is 0 Å². The lowest BCUT2D eigenvalue weighted by Crippen LogP contribution is -2.35. The van der Waals surface area contributed by atoms with Gasteiger partial charge in [0.05, 0.1) is 19.3 Å². The van der Waals surface area contributed by atoms with Gasteiger partial charge in [0, 0.05) is 18.8 Å². The van der Waals surface area contributed by atoms with E-state index in [4.69, 9.17) is 9.47 Å². The van der Waals surface area contributed by atoms with Gasteiger partial charge in [-0.3, -0.25) is 5.32 Å². The molecule has 19 heavy (non-hydrogen) atoms. The SMILES string of the molecule is CCOC(=O)Nc1ccc(C2CN(C)CCO2)cc1. The summed E-state index contributed by atoms with van der Waals surface area (Å²) in [5, 5.41) is 2.67. The Kier molecular flexibility index (Phi) is 4.76. The van der Waals surface area contributed by atoms with Crippen LogP contribution in [0.4, 0.5) is 10.5 Å². The first-order valence-electron chi connectivity index (χ1n) is 6.53. The van der Waals surface area contributed by atoms with Crippen LogP contribution in [-0.2, 0) is 9.47 Å². The molecule has 104 valence electrons. The van der Waals surface area contributed by atoms with Gasteiger partial charge < -0.3 is 14.4 Å². The van der Waals surface area contributed by atoms with Crippen LogP contribution in [0.2, 0.25) is 0 Å². The molecule has 5 heteroatoms. The average molecular weight is 264 g/mol. The average Bonchev–Trinajstić information content (AvgIpc) is 2.40. The fourth-order valence-electron chi connectivity index (χ4n) is 2.05. The van der Waals surface area contributed by atoms with E-state index in [1.54, 1.807) is 6.92 Å². The zero-order valence-corrected chi connectivity index (χ0v) is 11.4. The number of likely N-dealkylation sites (N-methyl/N-ethyl adjacent to an activating group) is 1. The van der Waals surface area contributed by atoms with Crippen LogP contribution >= 0.6 is 0 Å². The molecule has 0 saturated carbocycles. The third kappa shape index (κ3) is 3.94. The fourth-order valence-corrected chi connectivity index (χ4v) is 2.05. The smallest absolute Gasteiger partial charge is 0.411 e. The number of hydrogen-bond acceptors (Lipinski definition) is 4. The maximum Gasteiger partial charge on any atom is 0.411 e. The highest BCUT2D eigenvalue weighted by Crippen LogP contribution is 2.23. The summed E-state index contributed by atoms with van der Waals surface area (Å²) in [5.74, 6) is 0. The first kappa shape index (κ1) is 13.8. The summed E-state index contributed by atoms with van der Waals surface area (Å²) in [6, 6.07) is 7.69. The molecule has 0 bridgehead atoms. The normalized spacial score (nSPS) is 20.0. The summed E-state index contributed by atoms with van der Waals surface area (Å²) in [4.78, 5) is 13.5. The predicted octanol–water partition coefficient (Wildman–Crippen LogP) is 2.26. The Morgan fingerprint density at radius 3 is 2.84 bits per heavy atom. The van der Waals surface area contributed by atoms with Crippen molar-refractivity contribution >= 4 is 11.8 Å². The second-order valence-corrected chi connectivity index (χ2v) is 4.59. The molecule has 1 heterocycles. The van der Waals surface area contributed by atoms with Crippen molar-refractivity contribution in [3.8, 4) is 0 Å². The maximum atomic E-state index is 11.3. The number of rotatable bonds is 3. The molecule has 1 saturated heterocycles. The third-order valence-electron chi connectivity index (χ3n) is 3.07. The van der Waals surface area contributed by atoms with Crippen molar-refractivity contribution in [3.63, 3.8) is 0 Å². The molecule has 1 fully saturated rings. The van der Waals surface area contributed by atoms with Crippen LogP contribution in [0.15, 0.2) is 24.3 Å². The van der Waals surface area contributed by atoms with Gasteiger partial charge in [0.1, 0.15) is 0 Å². The Hall–Kier alpha value is -1.59. The van der Waals surface area contributed by atoms with E-state index in [0.29, 0.717) is 6.61 Å². The summed E-state index contributed by atoms with van der Waals surface area (Å²) in [6.07, 6.45) is -0.320. The highest BCUT2D eigenvalue weighted by molar-refractivity contribution is 5.84. The van der Waals surface area contributed by atoms with Crippen molar-refractivity contribution in [2.45, 2.75) is 13.0 Å². The molecular formula is C14H20N2O3. The molecule has 1 atom stereocenters. The first-order valence-corrected chi connectivity index (χ1v) is 6.53. The van der Waals surface area contributed by atoms with E-state index in [1.807, 2.05) is 24.3 Å². The minimum atomic E-state index is -0.427. The van der Waals surface area contributed by atoms with E-state index in [0.717, 1.165) is 30.9 Å². The molecule has 0 radical (unpaired) electrons. The Morgan fingerprint density at radius 1 is 1.47 bits per heavy atom. The van der Waals surface area contributed by atoms with Gasteiger partial charge in [-0.25, -0.2) is 4.79 Å². The van der Waals surface area contributed by atoms with E-state index in [-0.39, 0.29) is 6.10 Å². The molecule has 1 aliphatic rings. The van der Waals surface area contributed by atoms with Gasteiger partial charge in [0.25, 0.3) is 0 Å². The highest BCUT2D eigenvalue weighted by Gasteiger charge is 2.19. The lowest BCUT2D eigenvalue weighted by Gasteiger charge is -2.30. The van der Waals surface area contributed by atoms with Crippen LogP contribution in [0.1, 0.15) is 18.6 Å². The molecule has 1 aliphatic heterocycles. The molecule has 1 amide bonds. The van der Waals surface area contributed by atoms with Gasteiger partial charge in [0.15, 0.2) is 0 Å². The minimum absolute atomic E-state index is 0.107. The summed E-state index contributed by atoms with van der Waals surface area (Å²) in [7, 11) is 2.09. The molecular weight excluding hydrogens is 244 g/mol. The van der Waals surface area contributed by atoms with Crippen molar-refractivity contribution in [1.82, 2.24) is 4.90 Å². The molecule has 5 nitrogen and oxygen atoms in total. The molecule has 0 aliphatic carbocycles. The lowest BCUT2D eigenvalue weighted by atomic mass is 10.1. The predicted molar refractivity (Wildman–Crippen MR) is 73.3 cm³/mol. The van der Waals surface area contributed by atoms with E-state index in [2.05, 4.69) is 17.3 Å². The van der Waals surface area contributed by atoms with Crippen molar-refractivity contribution in [2.75, 3.05) is 38.7 Å². The Labute approximate surface area is 113 Å². The molecule has 1 aromatic carbocycles. The minimum Gasteiger partial charge on any atom is -0.450 e. The highest BCUT2D eigenvalue weighted by atomic mass is 16.5. The summed E-state index contributed by atoms with van der Waals surface area (Å²) in [5.41, 5.74) is 1.85. The van der Waals surface area contributed by atoms with E-state index in [1.165, 1.54) is 0 Å². The number of nitrogens with zero attached hydrogens (tertiary/aromatic N) is 1. The molecule has 1 unspecified atom stereocenters. The van der Waals surface area contributed by atoms with Gasteiger partial charge in [-0.1, -0.05) is 12.1 Å². The summed E-state index contributed by atoms with van der Waals surface area (Å²) < 4.78 is 10.6. The van der Waals surface area contributed by atoms with E-state index in [9.17, 15) is 4.79 Å². The van der Waals surface area contributed by atoms with Gasteiger partial charge in [-0.2, -0.15) is 0 Å². The molecule has 0 spiro atoms. The second kappa shape index (κ2) is 6.54. The lowest BCUT2D eigenvalue weighted by molar-refractivity contribution is -0.0208. The van der Waals surface area contributed by atoms with Crippen LogP contribution in [0.25, 0.3) is 0 Å². The fraction of sp³-hybridized carbons (Fsp3) is 0.500. The van der Waals surface area contributed by atoms with Crippen LogP contribution < -0.4 is 5.32 Å². The van der Waals surface area contributed by atoms with Gasteiger partial charge >= 0.3 is 6.09 Å². The molecule has 1 N–H and O–H groups in total. The third-order valence-corrected chi connectivity index (χ3v) is 3.07. The molecule has 0 aromatic heterocycles. The van der Waals surface area contributed by atoms with Crippen molar-refractivity contribution < 1.29 is 14.3 Å². The summed E-state index contributed by atoms with van der Waals surface area (Å²) >= 11 is 0. The second-order valence-electron chi connectivity index (χ2n) is 4.59. The van der Waals surface area contributed by atoms with Crippen LogP contribution in [0.5, 0.6) is 0 Å². The maximum absolute atomic E-state index is 11.3. The number of amides is 1. The number of morpholine rings is 1. The van der Waals surface area contributed by atoms with Gasteiger partial charge in [0.2, 0.25) is 0 Å². The zero-order chi connectivity index (χ0) is 13.7. The van der Waals surface area contributed by atoms with Crippen LogP contribution in [0.3, 0.4) is 0 Å². The standard InChI is InChI=1S/C14H20N2O3/c1-3-18-14(17)15-12-6-4-11(5-7-12)13-10-16(2)8-9-19-13/h4-7,13H,3,8-10H2,1-2H3,(H,15,17). The summed E-state index contributed by atoms with van der Waals surface area (Å²) in [6.45, 7) is 4.76. The van der Waals surface area contributed by atoms with E-state index >= 15 is 0 Å². The zero-order valence-electron chi connectivity index (χ0n) is 11.4. The Balaban J connectivity index is 1.96. The van der Waals surface area contributed by atoms with Gasteiger partial charge in [-0.15, -0.1) is 0 Å². The monoisotopic (exact) mass is 264 g/mol. The van der Waals surface area contributed by atoms with Crippen molar-refractivity contribution in [3.05, 3.63) is 29.8 Å². The largest absolute Gasteiger partial charge is 0.450 e. The van der Waals surface area contributed by atoms with Crippen molar-refractivity contribution in [2.24, 2.45) is 0 Å². The number of nitrogens with one attached hydrogen (secondary N) is 1. The number of carbonyl (C=O) groups excluding carboxylic acids is 1. The molecule has 2 rings (SSSR count).